The highest BCUT2D eigenvalue weighted by Gasteiger charge is 2.36. The highest BCUT2D eigenvalue weighted by Crippen LogP contribution is 2.44. The van der Waals surface area contributed by atoms with Gasteiger partial charge >= 0.3 is 6.03 Å². The molecule has 0 bridgehead atoms. The van der Waals surface area contributed by atoms with E-state index in [1.54, 1.807) is 7.11 Å². The van der Waals surface area contributed by atoms with E-state index in [-0.39, 0.29) is 12.1 Å². The molecule has 2 amide bonds. The van der Waals surface area contributed by atoms with Gasteiger partial charge in [0, 0.05) is 16.6 Å². The minimum Gasteiger partial charge on any atom is -0.495 e. The van der Waals surface area contributed by atoms with Crippen LogP contribution in [0, 0.1) is 6.92 Å². The number of thiophene rings is 1. The molecule has 6 rings (SSSR count). The normalized spacial score (nSPS) is 16.2. The lowest BCUT2D eigenvalue weighted by Crippen LogP contribution is -2.38. The SMILES string of the molecule is CCOc1ccc([C@H]2c3cccn3-c3sc4c(c3CN2C(=O)Nc2cc(C)ccc2OC)CCCC4)cc1. The van der Waals surface area contributed by atoms with Crippen molar-refractivity contribution in [1.29, 1.82) is 0 Å². The van der Waals surface area contributed by atoms with Gasteiger partial charge in [-0.15, -0.1) is 11.3 Å². The van der Waals surface area contributed by atoms with Crippen LogP contribution in [0.1, 0.15) is 58.6 Å². The smallest absolute Gasteiger partial charge is 0.323 e. The monoisotopic (exact) mass is 527 g/mol. The van der Waals surface area contributed by atoms with Crippen molar-refractivity contribution < 1.29 is 14.3 Å². The van der Waals surface area contributed by atoms with Gasteiger partial charge in [-0.25, -0.2) is 4.79 Å². The van der Waals surface area contributed by atoms with Gasteiger partial charge in [0.05, 0.1) is 37.7 Å². The summed E-state index contributed by atoms with van der Waals surface area (Å²) in [4.78, 5) is 17.7. The average molecular weight is 528 g/mol. The van der Waals surface area contributed by atoms with Crippen molar-refractivity contribution in [2.45, 2.75) is 52.1 Å². The Balaban J connectivity index is 1.47. The number of aromatic nitrogens is 1. The Bertz CT molecular complexity index is 1470. The lowest BCUT2D eigenvalue weighted by atomic mass is 9.95. The zero-order chi connectivity index (χ0) is 26.2. The molecule has 0 saturated heterocycles. The third-order valence-corrected chi connectivity index (χ3v) is 8.88. The molecule has 7 heteroatoms. The third kappa shape index (κ3) is 4.35. The Kier molecular flexibility index (Phi) is 6.62. The maximum atomic E-state index is 14.2. The van der Waals surface area contributed by atoms with E-state index in [9.17, 15) is 4.79 Å². The van der Waals surface area contributed by atoms with Crippen LogP contribution in [0.15, 0.2) is 60.8 Å². The summed E-state index contributed by atoms with van der Waals surface area (Å²) in [6.07, 6.45) is 6.77. The minimum absolute atomic E-state index is 0.149. The van der Waals surface area contributed by atoms with E-state index in [0.29, 0.717) is 24.6 Å². The Labute approximate surface area is 227 Å². The molecule has 2 aromatic carbocycles. The van der Waals surface area contributed by atoms with E-state index >= 15 is 0 Å². The number of ether oxygens (including phenoxy) is 2. The van der Waals surface area contributed by atoms with E-state index in [4.69, 9.17) is 9.47 Å². The minimum atomic E-state index is -0.268. The molecule has 1 aliphatic heterocycles. The molecule has 38 heavy (non-hydrogen) atoms. The number of nitrogens with one attached hydrogen (secondary N) is 1. The maximum absolute atomic E-state index is 14.2. The first-order valence-electron chi connectivity index (χ1n) is 13.3. The summed E-state index contributed by atoms with van der Waals surface area (Å²) in [6.45, 7) is 5.15. The molecule has 196 valence electrons. The van der Waals surface area contributed by atoms with E-state index in [1.807, 2.05) is 60.4 Å². The number of hydrogen-bond donors (Lipinski definition) is 1. The van der Waals surface area contributed by atoms with Gasteiger partial charge in [0.25, 0.3) is 0 Å². The number of urea groups is 1. The Morgan fingerprint density at radius 3 is 2.68 bits per heavy atom. The number of aryl methyl sites for hydroxylation is 2. The Hall–Kier alpha value is -3.71. The summed E-state index contributed by atoms with van der Waals surface area (Å²) in [5.74, 6) is 1.47. The highest BCUT2D eigenvalue weighted by atomic mass is 32.1. The molecule has 1 N–H and O–H groups in total. The standard InChI is InChI=1S/C31H33N3O3S/c1-4-37-22-14-12-21(13-15-22)29-26-9-7-17-33(26)30-24(23-8-5-6-10-28(23)38-30)19-34(29)31(35)32-25-18-20(2)11-16-27(25)36-3/h7,9,11-18,29H,4-6,8,10,19H2,1-3H3,(H,32,35)/t29-/m0/s1. The summed E-state index contributed by atoms with van der Waals surface area (Å²) < 4.78 is 13.6. The van der Waals surface area contributed by atoms with Crippen LogP contribution >= 0.6 is 11.3 Å². The molecule has 4 aromatic rings. The van der Waals surface area contributed by atoms with Crippen LogP contribution < -0.4 is 14.8 Å². The van der Waals surface area contributed by atoms with Gasteiger partial charge in [0.2, 0.25) is 0 Å². The van der Waals surface area contributed by atoms with Crippen molar-refractivity contribution in [3.63, 3.8) is 0 Å². The lowest BCUT2D eigenvalue weighted by Gasteiger charge is -2.31. The second-order valence-electron chi connectivity index (χ2n) is 9.96. The second kappa shape index (κ2) is 10.2. The third-order valence-electron chi connectivity index (χ3n) is 7.54. The molecule has 0 spiro atoms. The predicted molar refractivity (Wildman–Crippen MR) is 152 cm³/mol. The van der Waals surface area contributed by atoms with Crippen molar-refractivity contribution in [2.24, 2.45) is 0 Å². The van der Waals surface area contributed by atoms with Crippen LogP contribution in [0.25, 0.3) is 5.00 Å². The molecule has 1 aliphatic carbocycles. The molecular formula is C31H33N3O3S. The van der Waals surface area contributed by atoms with E-state index in [0.717, 1.165) is 35.4 Å². The molecule has 0 radical (unpaired) electrons. The number of hydrogen-bond acceptors (Lipinski definition) is 4. The van der Waals surface area contributed by atoms with Gasteiger partial charge in [-0.05, 0) is 92.6 Å². The van der Waals surface area contributed by atoms with Crippen molar-refractivity contribution in [1.82, 2.24) is 9.47 Å². The number of carbonyl (C=O) groups excluding carboxylic acids is 1. The highest BCUT2D eigenvalue weighted by molar-refractivity contribution is 7.15. The summed E-state index contributed by atoms with van der Waals surface area (Å²) in [6, 6.07) is 17.8. The molecule has 0 unspecified atom stereocenters. The van der Waals surface area contributed by atoms with E-state index in [2.05, 4.69) is 40.3 Å². The first-order valence-corrected chi connectivity index (χ1v) is 14.1. The Morgan fingerprint density at radius 1 is 1.08 bits per heavy atom. The fourth-order valence-electron chi connectivity index (χ4n) is 5.76. The van der Waals surface area contributed by atoms with Crippen molar-refractivity contribution in [3.05, 3.63) is 93.6 Å². The van der Waals surface area contributed by atoms with Crippen LogP contribution in [0.3, 0.4) is 0 Å². The zero-order valence-corrected chi connectivity index (χ0v) is 22.9. The quantitative estimate of drug-likeness (QED) is 0.297. The van der Waals surface area contributed by atoms with Gasteiger partial charge in [0.1, 0.15) is 16.5 Å². The van der Waals surface area contributed by atoms with Gasteiger partial charge in [-0.3, -0.25) is 0 Å². The number of methoxy groups -OCH3 is 1. The fourth-order valence-corrected chi connectivity index (χ4v) is 7.16. The summed E-state index contributed by atoms with van der Waals surface area (Å²) >= 11 is 1.90. The van der Waals surface area contributed by atoms with Gasteiger partial charge in [-0.2, -0.15) is 0 Å². The molecule has 1 atom stereocenters. The van der Waals surface area contributed by atoms with Crippen LogP contribution in [-0.2, 0) is 19.4 Å². The van der Waals surface area contributed by atoms with Gasteiger partial charge in [0.15, 0.2) is 0 Å². The van der Waals surface area contributed by atoms with Gasteiger partial charge in [-0.1, -0.05) is 18.2 Å². The summed E-state index contributed by atoms with van der Waals surface area (Å²) in [7, 11) is 1.63. The summed E-state index contributed by atoms with van der Waals surface area (Å²) in [5, 5.41) is 4.44. The molecule has 0 saturated carbocycles. The fraction of sp³-hybridized carbons (Fsp3) is 0.323. The largest absolute Gasteiger partial charge is 0.495 e. The molecule has 2 aromatic heterocycles. The number of carbonyl (C=O) groups is 1. The predicted octanol–water partition coefficient (Wildman–Crippen LogP) is 7.27. The first-order chi connectivity index (χ1) is 18.6. The van der Waals surface area contributed by atoms with Crippen molar-refractivity contribution >= 4 is 23.1 Å². The summed E-state index contributed by atoms with van der Waals surface area (Å²) in [5.41, 5.74) is 6.58. The molecule has 6 nitrogen and oxygen atoms in total. The van der Waals surface area contributed by atoms with Gasteiger partial charge < -0.3 is 24.3 Å². The average Bonchev–Trinajstić information content (AvgIpc) is 3.51. The number of benzene rings is 2. The van der Waals surface area contributed by atoms with Crippen LogP contribution in [0.4, 0.5) is 10.5 Å². The van der Waals surface area contributed by atoms with E-state index < -0.39 is 0 Å². The number of fused-ring (bicyclic) bond motifs is 5. The number of rotatable bonds is 5. The Morgan fingerprint density at radius 2 is 1.89 bits per heavy atom. The van der Waals surface area contributed by atoms with Crippen LogP contribution in [0.5, 0.6) is 11.5 Å². The first kappa shape index (κ1) is 24.6. The maximum Gasteiger partial charge on any atom is 0.323 e. The number of nitrogens with zero attached hydrogens (tertiary/aromatic N) is 2. The molecule has 3 heterocycles. The second-order valence-corrected chi connectivity index (χ2v) is 11.0. The van der Waals surface area contributed by atoms with Crippen LogP contribution in [0.2, 0.25) is 0 Å². The van der Waals surface area contributed by atoms with Crippen molar-refractivity contribution in [3.8, 4) is 16.5 Å². The van der Waals surface area contributed by atoms with Crippen LogP contribution in [-0.4, -0.2) is 29.2 Å². The van der Waals surface area contributed by atoms with E-state index in [1.165, 1.54) is 33.8 Å². The molecule has 2 aliphatic rings. The lowest BCUT2D eigenvalue weighted by molar-refractivity contribution is 0.194. The topological polar surface area (TPSA) is 55.7 Å². The molecule has 0 fully saturated rings. The number of amides is 2. The van der Waals surface area contributed by atoms with Crippen molar-refractivity contribution in [2.75, 3.05) is 19.0 Å². The zero-order valence-electron chi connectivity index (χ0n) is 22.1. The molecular weight excluding hydrogens is 494 g/mol. The number of anilines is 1.